The number of carboxylic acids is 1. The van der Waals surface area contributed by atoms with Crippen LogP contribution in [0.4, 0.5) is 0 Å². The molecule has 0 saturated carbocycles. The van der Waals surface area contributed by atoms with Crippen LogP contribution in [0.1, 0.15) is 35.7 Å². The molecule has 8 nitrogen and oxygen atoms in total. The number of nitriles is 1. The Kier molecular flexibility index (Phi) is 4.98. The van der Waals surface area contributed by atoms with Gasteiger partial charge in [-0.15, -0.1) is 0 Å². The van der Waals surface area contributed by atoms with E-state index in [2.05, 4.69) is 0 Å². The Balaban J connectivity index is 2.69. The van der Waals surface area contributed by atoms with Crippen molar-refractivity contribution in [3.63, 3.8) is 0 Å². The van der Waals surface area contributed by atoms with Crippen LogP contribution in [-0.4, -0.2) is 28.8 Å². The molecule has 0 bridgehead atoms. The number of benzene rings is 1. The van der Waals surface area contributed by atoms with Gasteiger partial charge in [0.15, 0.2) is 0 Å². The van der Waals surface area contributed by atoms with Crippen molar-refractivity contribution in [2.75, 3.05) is 6.61 Å². The zero-order valence-electron chi connectivity index (χ0n) is 13.6. The van der Waals surface area contributed by atoms with Crippen LogP contribution in [0.15, 0.2) is 41.0 Å². The minimum Gasteiger partial charge on any atom is -0.507 e. The van der Waals surface area contributed by atoms with E-state index in [4.69, 9.17) is 15.2 Å². The summed E-state index contributed by atoms with van der Waals surface area (Å²) in [6.07, 6.45) is 0. The maximum absolute atomic E-state index is 12.3. The van der Waals surface area contributed by atoms with Crippen molar-refractivity contribution in [2.45, 2.75) is 19.8 Å². The fourth-order valence-corrected chi connectivity index (χ4v) is 2.59. The first-order chi connectivity index (χ1) is 11.8. The van der Waals surface area contributed by atoms with E-state index in [0.717, 1.165) is 0 Å². The fraction of sp³-hybridized carbons (Fsp3) is 0.235. The van der Waals surface area contributed by atoms with Gasteiger partial charge in [0, 0.05) is 0 Å². The number of carbonyl (C=O) groups is 2. The van der Waals surface area contributed by atoms with E-state index in [0.29, 0.717) is 5.56 Å². The highest BCUT2D eigenvalue weighted by Crippen LogP contribution is 2.40. The molecule has 25 heavy (non-hydrogen) atoms. The van der Waals surface area contributed by atoms with Gasteiger partial charge in [0.2, 0.25) is 5.88 Å². The third kappa shape index (κ3) is 3.26. The normalized spacial score (nSPS) is 16.9. The molecule has 1 atom stereocenters. The van der Waals surface area contributed by atoms with Crippen LogP contribution in [0.3, 0.4) is 0 Å². The largest absolute Gasteiger partial charge is 0.507 e. The third-order valence-corrected chi connectivity index (χ3v) is 3.69. The number of esters is 1. The highest BCUT2D eigenvalue weighted by molar-refractivity contribution is 5.94. The van der Waals surface area contributed by atoms with Crippen molar-refractivity contribution in [3.8, 4) is 11.8 Å². The summed E-state index contributed by atoms with van der Waals surface area (Å²) in [7, 11) is 0. The summed E-state index contributed by atoms with van der Waals surface area (Å²) in [6.45, 7) is 3.24. The summed E-state index contributed by atoms with van der Waals surface area (Å²) in [5, 5.41) is 28.3. The third-order valence-electron chi connectivity index (χ3n) is 3.69. The second-order valence-electron chi connectivity index (χ2n) is 5.20. The summed E-state index contributed by atoms with van der Waals surface area (Å²) in [6, 6.07) is 5.67. The minimum absolute atomic E-state index is 0.0457. The fourth-order valence-electron chi connectivity index (χ4n) is 2.59. The average molecular weight is 344 g/mol. The monoisotopic (exact) mass is 344 g/mol. The SMILES string of the molecule is CCOC(=O)C1=C(C)OC(N)=C(C#N)C1c1ccc(O)c(C(=O)O)c1. The molecule has 1 aromatic carbocycles. The van der Waals surface area contributed by atoms with Crippen molar-refractivity contribution in [3.05, 3.63) is 52.1 Å². The van der Waals surface area contributed by atoms with E-state index in [1.165, 1.54) is 25.1 Å². The van der Waals surface area contributed by atoms with Crippen molar-refractivity contribution < 1.29 is 29.3 Å². The first-order valence-corrected chi connectivity index (χ1v) is 7.33. The Hall–Kier alpha value is -3.47. The number of nitrogens with zero attached hydrogens (tertiary/aromatic N) is 1. The lowest BCUT2D eigenvalue weighted by molar-refractivity contribution is -0.139. The zero-order valence-corrected chi connectivity index (χ0v) is 13.6. The first-order valence-electron chi connectivity index (χ1n) is 7.33. The smallest absolute Gasteiger partial charge is 0.339 e. The van der Waals surface area contributed by atoms with Crippen LogP contribution in [0.2, 0.25) is 0 Å². The van der Waals surface area contributed by atoms with Crippen LogP contribution in [0.25, 0.3) is 0 Å². The van der Waals surface area contributed by atoms with Crippen LogP contribution < -0.4 is 5.73 Å². The van der Waals surface area contributed by atoms with Gasteiger partial charge in [-0.05, 0) is 31.5 Å². The maximum atomic E-state index is 12.3. The van der Waals surface area contributed by atoms with E-state index in [-0.39, 0.29) is 35.0 Å². The van der Waals surface area contributed by atoms with Crippen LogP contribution in [0, 0.1) is 11.3 Å². The van der Waals surface area contributed by atoms with Gasteiger partial charge >= 0.3 is 11.9 Å². The van der Waals surface area contributed by atoms with E-state index in [1.54, 1.807) is 6.92 Å². The molecule has 1 aliphatic heterocycles. The number of carboxylic acid groups (broad SMARTS) is 1. The predicted molar refractivity (Wildman–Crippen MR) is 85.1 cm³/mol. The van der Waals surface area contributed by atoms with Crippen molar-refractivity contribution in [1.82, 2.24) is 0 Å². The lowest BCUT2D eigenvalue weighted by atomic mass is 9.82. The van der Waals surface area contributed by atoms with Gasteiger partial charge in [0.05, 0.1) is 18.1 Å². The zero-order chi connectivity index (χ0) is 18.7. The number of allylic oxidation sites excluding steroid dienone is 2. The van der Waals surface area contributed by atoms with Gasteiger partial charge in [-0.1, -0.05) is 6.07 Å². The number of aromatic carboxylic acids is 1. The summed E-state index contributed by atoms with van der Waals surface area (Å²) in [5.41, 5.74) is 5.69. The molecule has 0 spiro atoms. The Morgan fingerprint density at radius 1 is 1.44 bits per heavy atom. The highest BCUT2D eigenvalue weighted by Gasteiger charge is 2.36. The van der Waals surface area contributed by atoms with Gasteiger partial charge < -0.3 is 25.4 Å². The molecule has 4 N–H and O–H groups in total. The van der Waals surface area contributed by atoms with Crippen molar-refractivity contribution >= 4 is 11.9 Å². The summed E-state index contributed by atoms with van der Waals surface area (Å²) in [5.74, 6) is -3.46. The predicted octanol–water partition coefficient (Wildman–Crippen LogP) is 1.74. The molecule has 0 amide bonds. The molecule has 1 aliphatic rings. The number of rotatable bonds is 4. The van der Waals surface area contributed by atoms with E-state index >= 15 is 0 Å². The molecule has 2 rings (SSSR count). The minimum atomic E-state index is -1.35. The number of hydrogen-bond acceptors (Lipinski definition) is 7. The highest BCUT2D eigenvalue weighted by atomic mass is 16.5. The lowest BCUT2D eigenvalue weighted by Gasteiger charge is -2.27. The number of nitrogens with two attached hydrogens (primary N) is 1. The van der Waals surface area contributed by atoms with Gasteiger partial charge in [0.1, 0.15) is 28.7 Å². The molecule has 0 fully saturated rings. The van der Waals surface area contributed by atoms with Crippen LogP contribution >= 0.6 is 0 Å². The second-order valence-corrected chi connectivity index (χ2v) is 5.20. The average Bonchev–Trinajstić information content (AvgIpc) is 2.54. The van der Waals surface area contributed by atoms with Gasteiger partial charge in [-0.3, -0.25) is 0 Å². The standard InChI is InChI=1S/C17H16N2O6/c1-3-24-17(23)13-8(2)25-15(19)11(7-18)14(13)9-4-5-12(20)10(6-9)16(21)22/h4-6,14,20H,3,19H2,1-2H3,(H,21,22). The molecule has 130 valence electrons. The number of carbonyl (C=O) groups excluding carboxylic acids is 1. The Bertz CT molecular complexity index is 847. The Morgan fingerprint density at radius 3 is 2.68 bits per heavy atom. The van der Waals surface area contributed by atoms with Gasteiger partial charge in [0.25, 0.3) is 0 Å². The number of hydrogen-bond donors (Lipinski definition) is 3. The van der Waals surface area contributed by atoms with Crippen molar-refractivity contribution in [1.29, 1.82) is 5.26 Å². The van der Waals surface area contributed by atoms with E-state index in [1.807, 2.05) is 6.07 Å². The quantitative estimate of drug-likeness (QED) is 0.701. The first kappa shape index (κ1) is 17.9. The molecule has 1 aromatic rings. The molecule has 0 saturated heterocycles. The molecule has 0 aromatic heterocycles. The molecule has 1 unspecified atom stereocenters. The number of phenols is 1. The molecular formula is C17H16N2O6. The summed E-state index contributed by atoms with van der Waals surface area (Å²) < 4.78 is 10.3. The number of aromatic hydroxyl groups is 1. The maximum Gasteiger partial charge on any atom is 0.339 e. The Morgan fingerprint density at radius 2 is 2.12 bits per heavy atom. The number of ether oxygens (including phenoxy) is 2. The van der Waals surface area contributed by atoms with Crippen LogP contribution in [0.5, 0.6) is 5.75 Å². The molecule has 8 heteroatoms. The van der Waals surface area contributed by atoms with E-state index in [9.17, 15) is 25.1 Å². The molecular weight excluding hydrogens is 328 g/mol. The van der Waals surface area contributed by atoms with Crippen LogP contribution in [-0.2, 0) is 14.3 Å². The summed E-state index contributed by atoms with van der Waals surface area (Å²) in [4.78, 5) is 23.6. The topological polar surface area (TPSA) is 143 Å². The van der Waals surface area contributed by atoms with Gasteiger partial charge in [-0.25, -0.2) is 9.59 Å². The molecule has 0 radical (unpaired) electrons. The molecule has 1 heterocycles. The Labute approximate surface area is 143 Å². The lowest BCUT2D eigenvalue weighted by Crippen LogP contribution is -2.25. The second kappa shape index (κ2) is 6.97. The summed E-state index contributed by atoms with van der Waals surface area (Å²) >= 11 is 0. The van der Waals surface area contributed by atoms with E-state index < -0.39 is 23.6 Å². The van der Waals surface area contributed by atoms with Gasteiger partial charge in [-0.2, -0.15) is 5.26 Å². The molecule has 0 aliphatic carbocycles. The van der Waals surface area contributed by atoms with Crippen molar-refractivity contribution in [2.24, 2.45) is 5.73 Å².